The fourth-order valence-electron chi connectivity index (χ4n) is 7.82. The molecule has 3 aliphatic rings. The second kappa shape index (κ2) is 6.84. The first-order valence-electron chi connectivity index (χ1n) is 11.1. The van der Waals surface area contributed by atoms with Gasteiger partial charge in [0.2, 0.25) is 5.75 Å². The molecule has 0 aromatic heterocycles. The van der Waals surface area contributed by atoms with Gasteiger partial charge in [-0.3, -0.25) is 10.1 Å². The first kappa shape index (κ1) is 21.4. The molecule has 30 heavy (non-hydrogen) atoms. The van der Waals surface area contributed by atoms with Crippen molar-refractivity contribution >= 4 is 5.69 Å². The van der Waals surface area contributed by atoms with E-state index in [0.717, 1.165) is 24.8 Å². The molecule has 6 nitrogen and oxygen atoms in total. The highest BCUT2D eigenvalue weighted by molar-refractivity contribution is 5.66. The van der Waals surface area contributed by atoms with E-state index in [1.165, 1.54) is 27.1 Å². The maximum Gasteiger partial charge on any atom is 0.320 e. The molecular formula is C24H35NO5. The average molecular weight is 418 g/mol. The van der Waals surface area contributed by atoms with Gasteiger partial charge in [-0.2, -0.15) is 0 Å². The van der Waals surface area contributed by atoms with Crippen LogP contribution < -0.4 is 9.47 Å². The lowest BCUT2D eigenvalue weighted by Gasteiger charge is -2.64. The molecule has 1 aromatic carbocycles. The predicted octanol–water partition coefficient (Wildman–Crippen LogP) is 5.55. The third kappa shape index (κ3) is 2.72. The van der Waals surface area contributed by atoms with Crippen molar-refractivity contribution < 1.29 is 19.5 Å². The Labute approximate surface area is 179 Å². The van der Waals surface area contributed by atoms with Crippen molar-refractivity contribution in [1.29, 1.82) is 0 Å². The molecule has 0 bridgehead atoms. The highest BCUT2D eigenvalue weighted by atomic mass is 16.6. The summed E-state index contributed by atoms with van der Waals surface area (Å²) in [5.74, 6) is 1.33. The van der Waals surface area contributed by atoms with Crippen molar-refractivity contribution in [3.05, 3.63) is 27.3 Å². The van der Waals surface area contributed by atoms with Gasteiger partial charge in [-0.1, -0.05) is 34.1 Å². The zero-order valence-electron chi connectivity index (χ0n) is 19.1. The second-order valence-electron chi connectivity index (χ2n) is 10.8. The van der Waals surface area contributed by atoms with E-state index in [1.807, 2.05) is 6.07 Å². The SMILES string of the molecule is COc1cc2c(c([N+](=O)[O-])c1OC)[C@H](O)C[C@@H]1[C@@]3(C)CCCC(C)(C)[C@@H]3CC[C@@]21C. The van der Waals surface area contributed by atoms with Crippen LogP contribution in [0.3, 0.4) is 0 Å². The Bertz CT molecular complexity index is 881. The number of hydrogen-bond donors (Lipinski definition) is 1. The van der Waals surface area contributed by atoms with Crippen molar-refractivity contribution in [2.75, 3.05) is 14.2 Å². The third-order valence-electron chi connectivity index (χ3n) is 9.07. The molecule has 2 fully saturated rings. The Balaban J connectivity index is 1.94. The van der Waals surface area contributed by atoms with Crippen LogP contribution in [0.15, 0.2) is 6.07 Å². The third-order valence-corrected chi connectivity index (χ3v) is 9.07. The summed E-state index contributed by atoms with van der Waals surface area (Å²) in [5, 5.41) is 23.3. The van der Waals surface area contributed by atoms with E-state index in [-0.39, 0.29) is 33.6 Å². The summed E-state index contributed by atoms with van der Waals surface area (Å²) in [5.41, 5.74) is 1.30. The van der Waals surface area contributed by atoms with E-state index < -0.39 is 11.0 Å². The molecule has 0 heterocycles. The lowest BCUT2D eigenvalue weighted by atomic mass is 9.40. The summed E-state index contributed by atoms with van der Waals surface area (Å²) in [4.78, 5) is 11.6. The molecule has 0 radical (unpaired) electrons. The van der Waals surface area contributed by atoms with Crippen molar-refractivity contribution in [3.63, 3.8) is 0 Å². The number of ether oxygens (including phenoxy) is 2. The zero-order chi connectivity index (χ0) is 22.1. The molecule has 0 spiro atoms. The number of benzene rings is 1. The molecule has 1 aromatic rings. The number of aliphatic hydroxyl groups is 1. The Hall–Kier alpha value is -1.82. The number of methoxy groups -OCH3 is 2. The smallest absolute Gasteiger partial charge is 0.320 e. The van der Waals surface area contributed by atoms with E-state index in [0.29, 0.717) is 23.7 Å². The van der Waals surface area contributed by atoms with Crippen molar-refractivity contribution in [3.8, 4) is 11.5 Å². The van der Waals surface area contributed by atoms with Gasteiger partial charge in [-0.15, -0.1) is 0 Å². The first-order valence-corrected chi connectivity index (χ1v) is 11.1. The lowest BCUT2D eigenvalue weighted by molar-refractivity contribution is -0.387. The largest absolute Gasteiger partial charge is 0.493 e. The van der Waals surface area contributed by atoms with Gasteiger partial charge in [-0.05, 0) is 71.8 Å². The van der Waals surface area contributed by atoms with Crippen LogP contribution >= 0.6 is 0 Å². The molecule has 1 N–H and O–H groups in total. The molecule has 0 unspecified atom stereocenters. The maximum absolute atomic E-state index is 12.1. The van der Waals surface area contributed by atoms with Gasteiger partial charge in [0.1, 0.15) is 0 Å². The van der Waals surface area contributed by atoms with Gasteiger partial charge in [0.25, 0.3) is 0 Å². The van der Waals surface area contributed by atoms with E-state index >= 15 is 0 Å². The Kier molecular flexibility index (Phi) is 4.88. The Morgan fingerprint density at radius 1 is 1.10 bits per heavy atom. The van der Waals surface area contributed by atoms with Gasteiger partial charge in [0.15, 0.2) is 5.75 Å². The van der Waals surface area contributed by atoms with Crippen LogP contribution in [0.25, 0.3) is 0 Å². The second-order valence-corrected chi connectivity index (χ2v) is 10.8. The molecule has 5 atom stereocenters. The molecule has 4 rings (SSSR count). The normalized spacial score (nSPS) is 36.8. The Morgan fingerprint density at radius 2 is 1.80 bits per heavy atom. The predicted molar refractivity (Wildman–Crippen MR) is 115 cm³/mol. The fraction of sp³-hybridized carbons (Fsp3) is 0.750. The molecule has 0 aliphatic heterocycles. The van der Waals surface area contributed by atoms with Crippen LogP contribution in [0.1, 0.15) is 83.5 Å². The number of nitrogens with zero attached hydrogens (tertiary/aromatic N) is 1. The van der Waals surface area contributed by atoms with Crippen LogP contribution in [-0.2, 0) is 5.41 Å². The van der Waals surface area contributed by atoms with Gasteiger partial charge < -0.3 is 14.6 Å². The average Bonchev–Trinajstić information content (AvgIpc) is 2.67. The topological polar surface area (TPSA) is 81.8 Å². The molecular weight excluding hydrogens is 382 g/mol. The van der Waals surface area contributed by atoms with E-state index in [2.05, 4.69) is 27.7 Å². The van der Waals surface area contributed by atoms with Crippen LogP contribution in [0.2, 0.25) is 0 Å². The van der Waals surface area contributed by atoms with Gasteiger partial charge in [-0.25, -0.2) is 0 Å². The highest BCUT2D eigenvalue weighted by Crippen LogP contribution is 2.69. The standard InChI is InChI=1S/C24H35NO5/c1-22(2)9-7-10-24(4)17(22)8-11-23(3)14-12-16(29-5)21(30-6)20(25(27)28)19(14)15(26)13-18(23)24/h12,15,17-18,26H,7-11,13H2,1-6H3/t15-,17+,18+,23+,24+/m1/s1. The number of hydrogen-bond acceptors (Lipinski definition) is 5. The van der Waals surface area contributed by atoms with Crippen molar-refractivity contribution in [2.24, 2.45) is 22.7 Å². The number of aliphatic hydroxyl groups excluding tert-OH is 1. The fourth-order valence-corrected chi connectivity index (χ4v) is 7.82. The number of rotatable bonds is 3. The number of nitro benzene ring substituents is 1. The molecule has 0 saturated heterocycles. The minimum absolute atomic E-state index is 0.0982. The van der Waals surface area contributed by atoms with E-state index in [1.54, 1.807) is 0 Å². The number of fused-ring (bicyclic) bond motifs is 5. The summed E-state index contributed by atoms with van der Waals surface area (Å²) in [6.07, 6.45) is 5.34. The van der Waals surface area contributed by atoms with Crippen LogP contribution in [-0.4, -0.2) is 24.2 Å². The summed E-state index contributed by atoms with van der Waals surface area (Å²) in [6, 6.07) is 1.90. The van der Waals surface area contributed by atoms with E-state index in [9.17, 15) is 15.2 Å². The quantitative estimate of drug-likeness (QED) is 0.515. The summed E-state index contributed by atoms with van der Waals surface area (Å²) in [7, 11) is 2.92. The van der Waals surface area contributed by atoms with Gasteiger partial charge in [0, 0.05) is 0 Å². The minimum Gasteiger partial charge on any atom is -0.493 e. The lowest BCUT2D eigenvalue weighted by Crippen LogP contribution is -2.58. The molecule has 0 amide bonds. The minimum atomic E-state index is -0.876. The monoisotopic (exact) mass is 417 g/mol. The summed E-state index contributed by atoms with van der Waals surface area (Å²) < 4.78 is 10.9. The van der Waals surface area contributed by atoms with Crippen LogP contribution in [0.4, 0.5) is 5.69 Å². The molecule has 6 heteroatoms. The summed E-state index contributed by atoms with van der Waals surface area (Å²) in [6.45, 7) is 9.45. The Morgan fingerprint density at radius 3 is 2.40 bits per heavy atom. The summed E-state index contributed by atoms with van der Waals surface area (Å²) >= 11 is 0. The number of nitro groups is 1. The molecule has 3 aliphatic carbocycles. The molecule has 166 valence electrons. The van der Waals surface area contributed by atoms with Gasteiger partial charge >= 0.3 is 5.69 Å². The molecule has 2 saturated carbocycles. The highest BCUT2D eigenvalue weighted by Gasteiger charge is 2.61. The van der Waals surface area contributed by atoms with E-state index in [4.69, 9.17) is 9.47 Å². The van der Waals surface area contributed by atoms with Crippen LogP contribution in [0, 0.1) is 32.8 Å². The first-order chi connectivity index (χ1) is 14.0. The van der Waals surface area contributed by atoms with Crippen molar-refractivity contribution in [2.45, 2.75) is 77.7 Å². The van der Waals surface area contributed by atoms with Crippen molar-refractivity contribution in [1.82, 2.24) is 0 Å². The zero-order valence-corrected chi connectivity index (χ0v) is 19.1. The van der Waals surface area contributed by atoms with Crippen LogP contribution in [0.5, 0.6) is 11.5 Å². The maximum atomic E-state index is 12.1. The van der Waals surface area contributed by atoms with Gasteiger partial charge in [0.05, 0.1) is 30.8 Å².